The first kappa shape index (κ1) is 12.4. The van der Waals surface area contributed by atoms with Crippen LogP contribution in [-0.4, -0.2) is 23.5 Å². The zero-order valence-corrected chi connectivity index (χ0v) is 9.53. The maximum atomic E-state index is 12.2. The summed E-state index contributed by atoms with van der Waals surface area (Å²) in [4.78, 5) is 0. The quantitative estimate of drug-likeness (QED) is 0.889. The average Bonchev–Trinajstić information content (AvgIpc) is 2.27. The van der Waals surface area contributed by atoms with Crippen molar-refractivity contribution in [2.24, 2.45) is 0 Å². The predicted octanol–water partition coefficient (Wildman–Crippen LogP) is 2.82. The molecule has 0 saturated heterocycles. The maximum Gasteiger partial charge on any atom is 0.416 e. The van der Waals surface area contributed by atoms with Gasteiger partial charge in [0.15, 0.2) is 6.10 Å². The molecule has 1 aromatic rings. The van der Waals surface area contributed by atoms with Crippen LogP contribution >= 0.6 is 0 Å². The van der Waals surface area contributed by atoms with Gasteiger partial charge in [-0.2, -0.15) is 13.2 Å². The third-order valence-corrected chi connectivity index (χ3v) is 2.28. The van der Waals surface area contributed by atoms with Gasteiger partial charge in [-0.25, -0.2) is 0 Å². The Hall–Kier alpha value is -1.07. The molecular weight excluding hydrogens is 233 g/mol. The molecule has 0 unspecified atom stereocenters. The number of alkyl halides is 3. The van der Waals surface area contributed by atoms with E-state index in [1.54, 1.807) is 24.3 Å². The van der Waals surface area contributed by atoms with Gasteiger partial charge in [-0.3, -0.25) is 0 Å². The number of rotatable bonds is 4. The van der Waals surface area contributed by atoms with Crippen molar-refractivity contribution in [2.75, 3.05) is 0 Å². The molecule has 0 amide bonds. The van der Waals surface area contributed by atoms with Gasteiger partial charge >= 0.3 is 6.18 Å². The third-order valence-electron chi connectivity index (χ3n) is 2.28. The maximum absolute atomic E-state index is 12.2. The summed E-state index contributed by atoms with van der Waals surface area (Å²) in [6.45, 7) is 1.70. The molecule has 96 valence electrons. The van der Waals surface area contributed by atoms with Crippen LogP contribution in [0.2, 0.25) is 0 Å². The second-order valence-corrected chi connectivity index (χ2v) is 3.86. The standard InChI is InChI=1S/C12H15F3O2/c1-8-3-5-10(6-4-8)7-17-9(2)11(16)12(13,14)15/h3-6,9,11,16H,7H2,1-2H3/t9-,11-/m0/s1/i7D/t7-,9+,11+/m1. The van der Waals surface area contributed by atoms with Crippen molar-refractivity contribution < 1.29 is 24.4 Å². The van der Waals surface area contributed by atoms with Crippen molar-refractivity contribution in [3.05, 3.63) is 35.4 Å². The largest absolute Gasteiger partial charge is 0.416 e. The molecule has 3 atom stereocenters. The summed E-state index contributed by atoms with van der Waals surface area (Å²) >= 11 is 0. The number of aryl methyl sites for hydroxylation is 1. The first-order valence-electron chi connectivity index (χ1n) is 5.68. The SMILES string of the molecule is [2H][C@@H](O[C@@H](C)[C@H](O)C(F)(F)F)c1ccc(C)cc1. The average molecular weight is 249 g/mol. The lowest BCUT2D eigenvalue weighted by molar-refractivity contribution is -0.235. The van der Waals surface area contributed by atoms with Gasteiger partial charge in [0.1, 0.15) is 0 Å². The molecule has 0 aliphatic heterocycles. The third kappa shape index (κ3) is 4.36. The summed E-state index contributed by atoms with van der Waals surface area (Å²) in [6.07, 6.45) is -8.82. The molecule has 0 aliphatic rings. The number of hydrogen-bond acceptors (Lipinski definition) is 2. The van der Waals surface area contributed by atoms with Gasteiger partial charge in [0.05, 0.1) is 14.1 Å². The van der Waals surface area contributed by atoms with E-state index in [0.717, 1.165) is 12.5 Å². The number of hydrogen-bond donors (Lipinski definition) is 1. The van der Waals surface area contributed by atoms with E-state index in [1.165, 1.54) is 0 Å². The summed E-state index contributed by atoms with van der Waals surface area (Å²) in [6, 6.07) is 6.70. The second-order valence-electron chi connectivity index (χ2n) is 3.86. The zero-order chi connectivity index (χ0) is 13.9. The molecule has 1 N–H and O–H groups in total. The van der Waals surface area contributed by atoms with E-state index in [-0.39, 0.29) is 0 Å². The molecule has 5 heteroatoms. The number of benzene rings is 1. The van der Waals surface area contributed by atoms with Gasteiger partial charge in [0.2, 0.25) is 0 Å². The second kappa shape index (κ2) is 5.51. The summed E-state index contributed by atoms with van der Waals surface area (Å²) in [5.74, 6) is 0. The molecule has 17 heavy (non-hydrogen) atoms. The van der Waals surface area contributed by atoms with Crippen LogP contribution in [0.1, 0.15) is 19.4 Å². The molecule has 0 radical (unpaired) electrons. The van der Waals surface area contributed by atoms with Gasteiger partial charge in [-0.1, -0.05) is 29.8 Å². The summed E-state index contributed by atoms with van der Waals surface area (Å²) < 4.78 is 49.1. The van der Waals surface area contributed by atoms with Crippen molar-refractivity contribution in [2.45, 2.75) is 38.8 Å². The minimum Gasteiger partial charge on any atom is -0.381 e. The summed E-state index contributed by atoms with van der Waals surface area (Å²) in [5, 5.41) is 8.96. The fourth-order valence-electron chi connectivity index (χ4n) is 1.17. The monoisotopic (exact) mass is 249 g/mol. The van der Waals surface area contributed by atoms with Crippen LogP contribution in [0, 0.1) is 6.92 Å². The molecule has 1 aromatic carbocycles. The highest BCUT2D eigenvalue weighted by Gasteiger charge is 2.42. The minimum atomic E-state index is -4.74. The van der Waals surface area contributed by atoms with Crippen molar-refractivity contribution >= 4 is 0 Å². The van der Waals surface area contributed by atoms with Gasteiger partial charge in [0, 0.05) is 0 Å². The molecular formula is C12H15F3O2. The normalized spacial score (nSPS) is 18.4. The predicted molar refractivity (Wildman–Crippen MR) is 57.5 cm³/mol. The van der Waals surface area contributed by atoms with Crippen LogP contribution in [0.15, 0.2) is 24.3 Å². The Labute approximate surface area is 99.4 Å². The van der Waals surface area contributed by atoms with E-state index >= 15 is 0 Å². The Morgan fingerprint density at radius 1 is 1.35 bits per heavy atom. The van der Waals surface area contributed by atoms with E-state index < -0.39 is 25.0 Å². The number of halogens is 3. The molecule has 0 aliphatic carbocycles. The first-order valence-corrected chi connectivity index (χ1v) is 5.11. The number of aliphatic hydroxyl groups excluding tert-OH is 1. The molecule has 0 spiro atoms. The van der Waals surface area contributed by atoms with Gasteiger partial charge in [-0.15, -0.1) is 0 Å². The van der Waals surface area contributed by atoms with E-state index in [1.807, 2.05) is 6.92 Å². The Bertz CT molecular complexity index is 378. The molecule has 0 heterocycles. The van der Waals surface area contributed by atoms with Crippen LogP contribution in [0.4, 0.5) is 13.2 Å². The van der Waals surface area contributed by atoms with E-state index in [9.17, 15) is 13.2 Å². The van der Waals surface area contributed by atoms with Gasteiger partial charge in [0.25, 0.3) is 0 Å². The molecule has 0 fully saturated rings. The van der Waals surface area contributed by atoms with E-state index in [4.69, 9.17) is 11.2 Å². The van der Waals surface area contributed by atoms with Crippen LogP contribution in [0.25, 0.3) is 0 Å². The van der Waals surface area contributed by atoms with Crippen LogP contribution in [0.3, 0.4) is 0 Å². The lowest BCUT2D eigenvalue weighted by Crippen LogP contribution is -2.39. The van der Waals surface area contributed by atoms with E-state index in [0.29, 0.717) is 5.56 Å². The highest BCUT2D eigenvalue weighted by atomic mass is 19.4. The summed E-state index contributed by atoms with van der Waals surface area (Å²) in [7, 11) is 0. The lowest BCUT2D eigenvalue weighted by Gasteiger charge is -2.21. The molecule has 0 bridgehead atoms. The highest BCUT2D eigenvalue weighted by Crippen LogP contribution is 2.24. The topological polar surface area (TPSA) is 29.5 Å². The van der Waals surface area contributed by atoms with Gasteiger partial charge in [-0.05, 0) is 19.4 Å². The van der Waals surface area contributed by atoms with Crippen molar-refractivity contribution in [1.29, 1.82) is 0 Å². The van der Waals surface area contributed by atoms with Crippen molar-refractivity contribution in [1.82, 2.24) is 0 Å². The van der Waals surface area contributed by atoms with Crippen LogP contribution < -0.4 is 0 Å². The Kier molecular flexibility index (Phi) is 4.02. The Balaban J connectivity index is 2.64. The summed E-state index contributed by atoms with van der Waals surface area (Å²) in [5.41, 5.74) is 1.43. The fourth-order valence-corrected chi connectivity index (χ4v) is 1.17. The molecule has 1 rings (SSSR count). The first-order chi connectivity index (χ1) is 8.21. The minimum absolute atomic E-state index is 0.446. The fraction of sp³-hybridized carbons (Fsp3) is 0.500. The Morgan fingerprint density at radius 3 is 2.35 bits per heavy atom. The van der Waals surface area contributed by atoms with Crippen LogP contribution in [-0.2, 0) is 11.3 Å². The zero-order valence-electron chi connectivity index (χ0n) is 10.5. The van der Waals surface area contributed by atoms with E-state index in [2.05, 4.69) is 0 Å². The van der Waals surface area contributed by atoms with Crippen LogP contribution in [0.5, 0.6) is 0 Å². The molecule has 2 nitrogen and oxygen atoms in total. The number of ether oxygens (including phenoxy) is 1. The molecule has 0 aromatic heterocycles. The smallest absolute Gasteiger partial charge is 0.381 e. The number of aliphatic hydroxyl groups is 1. The molecule has 0 saturated carbocycles. The highest BCUT2D eigenvalue weighted by molar-refractivity contribution is 5.20. The lowest BCUT2D eigenvalue weighted by atomic mass is 10.1. The van der Waals surface area contributed by atoms with Gasteiger partial charge < -0.3 is 9.84 Å². The van der Waals surface area contributed by atoms with Crippen molar-refractivity contribution in [3.8, 4) is 0 Å². The Morgan fingerprint density at radius 2 is 1.88 bits per heavy atom. The van der Waals surface area contributed by atoms with Crippen molar-refractivity contribution in [3.63, 3.8) is 0 Å².